The van der Waals surface area contributed by atoms with Gasteiger partial charge in [-0.15, -0.1) is 0 Å². The average Bonchev–Trinajstić information content (AvgIpc) is 3.45. The first-order chi connectivity index (χ1) is 19.3. The zero-order valence-corrected chi connectivity index (χ0v) is 23.5. The number of furan rings is 1. The molecule has 1 aromatic heterocycles. The van der Waals surface area contributed by atoms with Crippen molar-refractivity contribution in [2.24, 2.45) is 0 Å². The number of rotatable bonds is 4. The number of hydrogen-bond acceptors (Lipinski definition) is 3. The number of fused-ring (bicyclic) bond motifs is 3. The van der Waals surface area contributed by atoms with Gasteiger partial charge >= 0.3 is 7.12 Å². The first kappa shape index (κ1) is 25.1. The fraction of sp³-hybridized carbons (Fsp3) is 0.222. The standard InChI is InChI=1S/C36H33BO3/c1-35(2)36(3,4)40-37(39-35)31-17-10-18-33-34(31)30-23-29(19-20-32(30)38-33)28-16-9-15-27(22-28)26-14-8-13-25(21-26)24-11-6-5-7-12-24/h6,8-23H,5,7H2,1-4H3. The molecule has 0 saturated carbocycles. The van der Waals surface area contributed by atoms with Crippen molar-refractivity contribution in [2.45, 2.75) is 51.7 Å². The molecule has 0 spiro atoms. The molecular weight excluding hydrogens is 491 g/mol. The number of benzene rings is 4. The lowest BCUT2D eigenvalue weighted by Gasteiger charge is -2.32. The van der Waals surface area contributed by atoms with Gasteiger partial charge in [-0.25, -0.2) is 0 Å². The van der Waals surface area contributed by atoms with Crippen LogP contribution in [0, 0.1) is 0 Å². The highest BCUT2D eigenvalue weighted by Crippen LogP contribution is 2.39. The first-order valence-electron chi connectivity index (χ1n) is 14.2. The Kier molecular flexibility index (Phi) is 5.88. The van der Waals surface area contributed by atoms with Gasteiger partial charge in [0, 0.05) is 10.8 Å². The van der Waals surface area contributed by atoms with Crippen LogP contribution in [-0.2, 0) is 9.31 Å². The quantitative estimate of drug-likeness (QED) is 0.220. The Morgan fingerprint density at radius 3 is 1.93 bits per heavy atom. The molecule has 0 radical (unpaired) electrons. The highest BCUT2D eigenvalue weighted by Gasteiger charge is 2.52. The highest BCUT2D eigenvalue weighted by molar-refractivity contribution is 6.66. The zero-order valence-electron chi connectivity index (χ0n) is 23.5. The second kappa shape index (κ2) is 9.37. The maximum absolute atomic E-state index is 6.44. The van der Waals surface area contributed by atoms with Crippen LogP contribution in [0.25, 0.3) is 49.8 Å². The summed E-state index contributed by atoms with van der Waals surface area (Å²) in [4.78, 5) is 0. The monoisotopic (exact) mass is 524 g/mol. The van der Waals surface area contributed by atoms with Gasteiger partial charge in [0.1, 0.15) is 11.2 Å². The lowest BCUT2D eigenvalue weighted by molar-refractivity contribution is 0.00578. The van der Waals surface area contributed by atoms with Crippen molar-refractivity contribution >= 4 is 40.1 Å². The fourth-order valence-electron chi connectivity index (χ4n) is 5.78. The van der Waals surface area contributed by atoms with Gasteiger partial charge in [-0.1, -0.05) is 72.8 Å². The summed E-state index contributed by atoms with van der Waals surface area (Å²) in [6, 6.07) is 30.2. The van der Waals surface area contributed by atoms with Crippen molar-refractivity contribution in [2.75, 3.05) is 0 Å². The maximum Gasteiger partial charge on any atom is 0.495 e. The van der Waals surface area contributed by atoms with E-state index in [2.05, 4.69) is 119 Å². The van der Waals surface area contributed by atoms with E-state index < -0.39 is 18.3 Å². The number of allylic oxidation sites excluding steroid dienone is 4. The second-order valence-electron chi connectivity index (χ2n) is 11.9. The van der Waals surface area contributed by atoms with E-state index >= 15 is 0 Å². The summed E-state index contributed by atoms with van der Waals surface area (Å²) in [6.07, 6.45) is 9.06. The van der Waals surface area contributed by atoms with Gasteiger partial charge in [0.05, 0.1) is 11.2 Å². The number of hydrogen-bond donors (Lipinski definition) is 0. The van der Waals surface area contributed by atoms with Gasteiger partial charge in [0.15, 0.2) is 0 Å². The molecule has 1 aliphatic carbocycles. The lowest BCUT2D eigenvalue weighted by atomic mass is 9.76. The van der Waals surface area contributed by atoms with Crippen molar-refractivity contribution in [1.29, 1.82) is 0 Å². The van der Waals surface area contributed by atoms with Gasteiger partial charge in [0.25, 0.3) is 0 Å². The van der Waals surface area contributed by atoms with Crippen LogP contribution in [0.3, 0.4) is 0 Å². The van der Waals surface area contributed by atoms with Crippen LogP contribution < -0.4 is 5.46 Å². The van der Waals surface area contributed by atoms with Crippen molar-refractivity contribution in [3.05, 3.63) is 109 Å². The molecule has 0 atom stereocenters. The van der Waals surface area contributed by atoms with Crippen molar-refractivity contribution < 1.29 is 13.7 Å². The molecule has 40 heavy (non-hydrogen) atoms. The summed E-state index contributed by atoms with van der Waals surface area (Å²) < 4.78 is 19.2. The van der Waals surface area contributed by atoms with E-state index in [1.165, 1.54) is 27.8 Å². The summed E-state index contributed by atoms with van der Waals surface area (Å²) in [5.74, 6) is 0. The SMILES string of the molecule is CC1(C)OB(c2cccc3oc4ccc(-c5cccc(-c6cccc(C7=CCCC=C7)c6)c5)cc4c23)OC1(C)C. The Morgan fingerprint density at radius 2 is 1.25 bits per heavy atom. The van der Waals surface area contributed by atoms with E-state index in [0.717, 1.165) is 45.8 Å². The van der Waals surface area contributed by atoms with E-state index in [1.807, 2.05) is 12.1 Å². The molecule has 1 fully saturated rings. The molecule has 2 aliphatic rings. The average molecular weight is 524 g/mol. The first-order valence-corrected chi connectivity index (χ1v) is 14.2. The maximum atomic E-state index is 6.44. The second-order valence-corrected chi connectivity index (χ2v) is 11.9. The molecule has 198 valence electrons. The van der Waals surface area contributed by atoms with Crippen LogP contribution in [-0.4, -0.2) is 18.3 Å². The Morgan fingerprint density at radius 1 is 0.625 bits per heavy atom. The van der Waals surface area contributed by atoms with E-state index in [0.29, 0.717) is 0 Å². The van der Waals surface area contributed by atoms with E-state index in [1.54, 1.807) is 0 Å². The van der Waals surface area contributed by atoms with Gasteiger partial charge in [0.2, 0.25) is 0 Å². The highest BCUT2D eigenvalue weighted by atomic mass is 16.7. The van der Waals surface area contributed by atoms with Gasteiger partial charge in [-0.3, -0.25) is 0 Å². The lowest BCUT2D eigenvalue weighted by Crippen LogP contribution is -2.41. The molecular formula is C36H33BO3. The molecule has 7 rings (SSSR count). The summed E-state index contributed by atoms with van der Waals surface area (Å²) in [5.41, 5.74) is 9.20. The van der Waals surface area contributed by atoms with Gasteiger partial charge in [-0.2, -0.15) is 0 Å². The molecule has 1 aliphatic heterocycles. The zero-order chi connectivity index (χ0) is 27.5. The largest absolute Gasteiger partial charge is 0.495 e. The van der Waals surface area contributed by atoms with Crippen LogP contribution >= 0.6 is 0 Å². The van der Waals surface area contributed by atoms with Crippen LogP contribution in [0.5, 0.6) is 0 Å². The van der Waals surface area contributed by atoms with E-state index in [-0.39, 0.29) is 0 Å². The topological polar surface area (TPSA) is 31.6 Å². The minimum absolute atomic E-state index is 0.411. The third-order valence-electron chi connectivity index (χ3n) is 8.75. The van der Waals surface area contributed by atoms with Crippen molar-refractivity contribution in [3.8, 4) is 22.3 Å². The predicted octanol–water partition coefficient (Wildman–Crippen LogP) is 8.95. The summed E-state index contributed by atoms with van der Waals surface area (Å²) in [5, 5.41) is 2.12. The van der Waals surface area contributed by atoms with Gasteiger partial charge < -0.3 is 13.7 Å². The van der Waals surface area contributed by atoms with E-state index in [4.69, 9.17) is 13.7 Å². The van der Waals surface area contributed by atoms with Crippen molar-refractivity contribution in [1.82, 2.24) is 0 Å². The third kappa shape index (κ3) is 4.23. The van der Waals surface area contributed by atoms with Crippen LogP contribution in [0.4, 0.5) is 0 Å². The Hall–Kier alpha value is -3.86. The molecule has 4 aromatic carbocycles. The van der Waals surface area contributed by atoms with E-state index in [9.17, 15) is 0 Å². The van der Waals surface area contributed by atoms with Crippen LogP contribution in [0.15, 0.2) is 108 Å². The third-order valence-corrected chi connectivity index (χ3v) is 8.75. The minimum Gasteiger partial charge on any atom is -0.456 e. The van der Waals surface area contributed by atoms with Gasteiger partial charge in [-0.05, 0) is 110 Å². The Balaban J connectivity index is 1.29. The molecule has 3 nitrogen and oxygen atoms in total. The summed E-state index contributed by atoms with van der Waals surface area (Å²) >= 11 is 0. The molecule has 0 N–H and O–H groups in total. The minimum atomic E-state index is -0.456. The van der Waals surface area contributed by atoms with Crippen LogP contribution in [0.1, 0.15) is 46.1 Å². The molecule has 5 aromatic rings. The predicted molar refractivity (Wildman–Crippen MR) is 167 cm³/mol. The van der Waals surface area contributed by atoms with Crippen LogP contribution in [0.2, 0.25) is 0 Å². The summed E-state index contributed by atoms with van der Waals surface area (Å²) in [6.45, 7) is 8.35. The molecule has 0 amide bonds. The molecule has 2 heterocycles. The summed E-state index contributed by atoms with van der Waals surface area (Å²) in [7, 11) is -0.456. The smallest absolute Gasteiger partial charge is 0.456 e. The Bertz CT molecular complexity index is 1810. The molecule has 4 heteroatoms. The Labute approximate surface area is 236 Å². The molecule has 0 unspecified atom stereocenters. The normalized spacial score (nSPS) is 18.0. The molecule has 1 saturated heterocycles. The van der Waals surface area contributed by atoms with Crippen molar-refractivity contribution in [3.63, 3.8) is 0 Å². The fourth-order valence-corrected chi connectivity index (χ4v) is 5.78. The molecule has 0 bridgehead atoms.